The Hall–Kier alpha value is -2.70. The largest absolute Gasteiger partial charge is 0.417 e. The number of hydrogen-bond acceptors (Lipinski definition) is 3. The fraction of sp³-hybridized carbons (Fsp3) is 0.0667. The Morgan fingerprint density at radius 3 is 2.41 bits per heavy atom. The second-order valence-electron chi connectivity index (χ2n) is 4.64. The van der Waals surface area contributed by atoms with Crippen molar-refractivity contribution in [3.63, 3.8) is 0 Å². The Balaban J connectivity index is 2.30. The molecule has 112 valence electrons. The number of nitrogen functional groups attached to an aromatic ring is 1. The molecule has 0 atom stereocenters. The Labute approximate surface area is 122 Å². The number of hydrogen-bond donors (Lipinski definition) is 1. The molecule has 1 aromatic heterocycles. The first kappa shape index (κ1) is 14.2. The van der Waals surface area contributed by atoms with Gasteiger partial charge in [-0.25, -0.2) is 14.4 Å². The van der Waals surface area contributed by atoms with Crippen LogP contribution in [0.15, 0.2) is 42.5 Å². The van der Waals surface area contributed by atoms with Gasteiger partial charge in [0.1, 0.15) is 11.6 Å². The summed E-state index contributed by atoms with van der Waals surface area (Å²) in [4.78, 5) is 7.95. The van der Waals surface area contributed by atoms with E-state index in [0.717, 1.165) is 12.1 Å². The minimum Gasteiger partial charge on any atom is -0.383 e. The average Bonchev–Trinajstić information content (AvgIpc) is 2.46. The molecule has 0 saturated heterocycles. The number of nitrogens with two attached hydrogens (primary N) is 1. The number of anilines is 1. The first-order chi connectivity index (χ1) is 10.4. The van der Waals surface area contributed by atoms with Gasteiger partial charge < -0.3 is 5.73 Å². The monoisotopic (exact) mass is 307 g/mol. The van der Waals surface area contributed by atoms with Gasteiger partial charge in [-0.3, -0.25) is 0 Å². The lowest BCUT2D eigenvalue weighted by atomic mass is 10.1. The molecular weight excluding hydrogens is 298 g/mol. The van der Waals surface area contributed by atoms with Gasteiger partial charge in [0.25, 0.3) is 0 Å². The molecule has 3 nitrogen and oxygen atoms in total. The van der Waals surface area contributed by atoms with Crippen LogP contribution in [0.4, 0.5) is 23.4 Å². The van der Waals surface area contributed by atoms with Gasteiger partial charge in [-0.1, -0.05) is 12.1 Å². The van der Waals surface area contributed by atoms with Gasteiger partial charge in [0.05, 0.1) is 11.1 Å². The molecule has 1 heterocycles. The van der Waals surface area contributed by atoms with E-state index >= 15 is 0 Å². The van der Waals surface area contributed by atoms with Gasteiger partial charge in [-0.05, 0) is 30.3 Å². The molecule has 2 aromatic carbocycles. The number of nitrogens with zero attached hydrogens (tertiary/aromatic N) is 2. The lowest BCUT2D eigenvalue weighted by molar-refractivity contribution is -0.137. The first-order valence-electron chi connectivity index (χ1n) is 6.25. The van der Waals surface area contributed by atoms with Crippen LogP contribution in [0.1, 0.15) is 5.56 Å². The quantitative estimate of drug-likeness (QED) is 0.690. The molecule has 7 heteroatoms. The lowest BCUT2D eigenvalue weighted by Crippen LogP contribution is -2.09. The maximum Gasteiger partial charge on any atom is 0.417 e. The molecular formula is C15H9F4N3. The smallest absolute Gasteiger partial charge is 0.383 e. The van der Waals surface area contributed by atoms with E-state index in [1.54, 1.807) is 24.3 Å². The second kappa shape index (κ2) is 4.94. The van der Waals surface area contributed by atoms with Crippen LogP contribution in [-0.2, 0) is 6.18 Å². The van der Waals surface area contributed by atoms with Crippen LogP contribution in [0.2, 0.25) is 0 Å². The van der Waals surface area contributed by atoms with Gasteiger partial charge in [-0.15, -0.1) is 0 Å². The van der Waals surface area contributed by atoms with E-state index in [1.165, 1.54) is 0 Å². The number of fused-ring (bicyclic) bond motifs is 1. The predicted molar refractivity (Wildman–Crippen MR) is 74.3 cm³/mol. The van der Waals surface area contributed by atoms with Gasteiger partial charge in [0.2, 0.25) is 0 Å². The number of benzene rings is 2. The fourth-order valence-electron chi connectivity index (χ4n) is 2.17. The summed E-state index contributed by atoms with van der Waals surface area (Å²) in [6, 6.07) is 8.82. The summed E-state index contributed by atoms with van der Waals surface area (Å²) in [5.41, 5.74) is 4.71. The molecule has 3 rings (SSSR count). The standard InChI is InChI=1S/C15H9F4N3/c16-8-5-6-11(15(17,18)19)10(7-8)14-21-12-4-2-1-3-9(12)13(20)22-14/h1-7H,(H2,20,21,22). The summed E-state index contributed by atoms with van der Waals surface area (Å²) in [6.45, 7) is 0. The molecule has 3 aromatic rings. The summed E-state index contributed by atoms with van der Waals surface area (Å²) in [5, 5.41) is 0.524. The SMILES string of the molecule is Nc1nc(-c2cc(F)ccc2C(F)(F)F)nc2ccccc12. The number of aromatic nitrogens is 2. The molecule has 0 spiro atoms. The van der Waals surface area contributed by atoms with Crippen LogP contribution < -0.4 is 5.73 Å². The van der Waals surface area contributed by atoms with Crippen molar-refractivity contribution in [3.8, 4) is 11.4 Å². The molecule has 0 aliphatic heterocycles. The minimum atomic E-state index is -4.65. The van der Waals surface area contributed by atoms with Gasteiger partial charge in [-0.2, -0.15) is 13.2 Å². The van der Waals surface area contributed by atoms with E-state index < -0.39 is 23.1 Å². The van der Waals surface area contributed by atoms with Crippen LogP contribution in [-0.4, -0.2) is 9.97 Å². The summed E-state index contributed by atoms with van der Waals surface area (Å²) < 4.78 is 52.6. The molecule has 0 bridgehead atoms. The number of halogens is 4. The third kappa shape index (κ3) is 2.45. The zero-order valence-corrected chi connectivity index (χ0v) is 11.0. The highest BCUT2D eigenvalue weighted by molar-refractivity contribution is 5.89. The highest BCUT2D eigenvalue weighted by Crippen LogP contribution is 2.37. The van der Waals surface area contributed by atoms with Crippen LogP contribution in [0.3, 0.4) is 0 Å². The average molecular weight is 307 g/mol. The molecule has 2 N–H and O–H groups in total. The summed E-state index contributed by atoms with van der Waals surface area (Å²) >= 11 is 0. The van der Waals surface area contributed by atoms with Crippen LogP contribution >= 0.6 is 0 Å². The minimum absolute atomic E-state index is 0.0398. The highest BCUT2D eigenvalue weighted by atomic mass is 19.4. The Bertz CT molecular complexity index is 859. The molecule has 22 heavy (non-hydrogen) atoms. The van der Waals surface area contributed by atoms with Crippen molar-refractivity contribution in [3.05, 3.63) is 53.8 Å². The van der Waals surface area contributed by atoms with Crippen molar-refractivity contribution in [2.45, 2.75) is 6.18 Å². The highest BCUT2D eigenvalue weighted by Gasteiger charge is 2.34. The van der Waals surface area contributed by atoms with E-state index in [2.05, 4.69) is 9.97 Å². The summed E-state index contributed by atoms with van der Waals surface area (Å²) in [5.74, 6) is -1.03. The van der Waals surface area contributed by atoms with Gasteiger partial charge >= 0.3 is 6.18 Å². The van der Waals surface area contributed by atoms with E-state index in [4.69, 9.17) is 5.73 Å². The summed E-state index contributed by atoms with van der Waals surface area (Å²) in [7, 11) is 0. The molecule has 0 radical (unpaired) electrons. The predicted octanol–water partition coefficient (Wildman–Crippen LogP) is 4.04. The van der Waals surface area contributed by atoms with E-state index in [1.807, 2.05) is 0 Å². The molecule has 0 saturated carbocycles. The van der Waals surface area contributed by atoms with Crippen molar-refractivity contribution < 1.29 is 17.6 Å². The fourth-order valence-corrected chi connectivity index (χ4v) is 2.17. The van der Waals surface area contributed by atoms with Crippen molar-refractivity contribution in [2.75, 3.05) is 5.73 Å². The van der Waals surface area contributed by atoms with Crippen LogP contribution in [0.5, 0.6) is 0 Å². The van der Waals surface area contributed by atoms with E-state index in [9.17, 15) is 17.6 Å². The lowest BCUT2D eigenvalue weighted by Gasteiger charge is -2.13. The molecule has 0 amide bonds. The maximum atomic E-state index is 13.4. The number of rotatable bonds is 1. The number of para-hydroxylation sites is 1. The normalized spacial score (nSPS) is 11.8. The molecule has 0 fully saturated rings. The molecule has 0 unspecified atom stereocenters. The maximum absolute atomic E-state index is 13.4. The Morgan fingerprint density at radius 2 is 1.68 bits per heavy atom. The van der Waals surface area contributed by atoms with Crippen molar-refractivity contribution in [2.24, 2.45) is 0 Å². The zero-order valence-electron chi connectivity index (χ0n) is 11.0. The Morgan fingerprint density at radius 1 is 0.955 bits per heavy atom. The van der Waals surface area contributed by atoms with Crippen LogP contribution in [0.25, 0.3) is 22.3 Å². The second-order valence-corrected chi connectivity index (χ2v) is 4.64. The molecule has 0 aliphatic rings. The zero-order chi connectivity index (χ0) is 15.9. The van der Waals surface area contributed by atoms with Crippen molar-refractivity contribution >= 4 is 16.7 Å². The third-order valence-corrected chi connectivity index (χ3v) is 3.16. The topological polar surface area (TPSA) is 51.8 Å². The van der Waals surface area contributed by atoms with Gasteiger partial charge in [0, 0.05) is 10.9 Å². The van der Waals surface area contributed by atoms with E-state index in [-0.39, 0.29) is 11.6 Å². The van der Waals surface area contributed by atoms with E-state index in [0.29, 0.717) is 17.0 Å². The van der Waals surface area contributed by atoms with Crippen LogP contribution in [0, 0.1) is 5.82 Å². The van der Waals surface area contributed by atoms with Gasteiger partial charge in [0.15, 0.2) is 5.82 Å². The Kier molecular flexibility index (Phi) is 3.20. The molecule has 0 aliphatic carbocycles. The van der Waals surface area contributed by atoms with Crippen molar-refractivity contribution in [1.82, 2.24) is 9.97 Å². The number of alkyl halides is 3. The first-order valence-corrected chi connectivity index (χ1v) is 6.25. The van der Waals surface area contributed by atoms with Crippen molar-refractivity contribution in [1.29, 1.82) is 0 Å². The third-order valence-electron chi connectivity index (χ3n) is 3.16. The summed E-state index contributed by atoms with van der Waals surface area (Å²) in [6.07, 6.45) is -4.65.